The normalized spacial score (nSPS) is 9.62. The predicted octanol–water partition coefficient (Wildman–Crippen LogP) is 0.609. The van der Waals surface area contributed by atoms with E-state index in [2.05, 4.69) is 0 Å². The molecule has 0 unspecified atom stereocenters. The van der Waals surface area contributed by atoms with Crippen LogP contribution >= 0.6 is 0 Å². The lowest BCUT2D eigenvalue weighted by atomic mass is 10.2. The highest BCUT2D eigenvalue weighted by Gasteiger charge is 1.99. The lowest BCUT2D eigenvalue weighted by Crippen LogP contribution is -2.09. The van der Waals surface area contributed by atoms with Crippen LogP contribution in [0, 0.1) is 0 Å². The van der Waals surface area contributed by atoms with E-state index in [1.165, 1.54) is 0 Å². The van der Waals surface area contributed by atoms with E-state index >= 15 is 0 Å². The average Bonchev–Trinajstić information content (AvgIpc) is 2.15. The smallest absolute Gasteiger partial charge is 0.341 e. The second-order valence-corrected chi connectivity index (χ2v) is 2.53. The van der Waals surface area contributed by atoms with Crippen LogP contribution in [0.2, 0.25) is 0 Å². The molecule has 3 N–H and O–H groups in total. The molecule has 0 radical (unpaired) electrons. The van der Waals surface area contributed by atoms with Gasteiger partial charge in [-0.3, -0.25) is 0 Å². The van der Waals surface area contributed by atoms with Crippen LogP contribution in [-0.4, -0.2) is 17.7 Å². The van der Waals surface area contributed by atoms with E-state index in [1.54, 1.807) is 18.2 Å². The molecule has 0 aliphatic carbocycles. The van der Waals surface area contributed by atoms with Gasteiger partial charge >= 0.3 is 5.97 Å². The van der Waals surface area contributed by atoms with Gasteiger partial charge < -0.3 is 15.6 Å². The fourth-order valence-corrected chi connectivity index (χ4v) is 0.907. The Morgan fingerprint density at radius 3 is 2.92 bits per heavy atom. The summed E-state index contributed by atoms with van der Waals surface area (Å²) in [6, 6.07) is 7.05. The minimum Gasteiger partial charge on any atom is -0.482 e. The van der Waals surface area contributed by atoms with Crippen molar-refractivity contribution < 1.29 is 14.6 Å². The average molecular weight is 181 g/mol. The molecular formula is C9H11NO3. The summed E-state index contributed by atoms with van der Waals surface area (Å²) in [5.74, 6) is -0.455. The van der Waals surface area contributed by atoms with E-state index in [9.17, 15) is 4.79 Å². The van der Waals surface area contributed by atoms with Crippen molar-refractivity contribution in [2.24, 2.45) is 5.73 Å². The van der Waals surface area contributed by atoms with Crippen LogP contribution in [0.5, 0.6) is 5.75 Å². The third-order valence-electron chi connectivity index (χ3n) is 1.50. The maximum atomic E-state index is 10.2. The summed E-state index contributed by atoms with van der Waals surface area (Å²) >= 11 is 0. The molecule has 1 aromatic rings. The zero-order valence-electron chi connectivity index (χ0n) is 7.06. The van der Waals surface area contributed by atoms with Crippen LogP contribution in [0.3, 0.4) is 0 Å². The number of rotatable bonds is 4. The van der Waals surface area contributed by atoms with Crippen molar-refractivity contribution in [2.45, 2.75) is 6.54 Å². The van der Waals surface area contributed by atoms with E-state index in [0.29, 0.717) is 12.3 Å². The first kappa shape index (κ1) is 9.54. The summed E-state index contributed by atoms with van der Waals surface area (Å²) in [6.07, 6.45) is 0. The number of ether oxygens (including phenoxy) is 1. The van der Waals surface area contributed by atoms with E-state index in [0.717, 1.165) is 5.56 Å². The molecule has 0 atom stereocenters. The number of nitrogens with two attached hydrogens (primary N) is 1. The summed E-state index contributed by atoms with van der Waals surface area (Å²) in [6.45, 7) is 0.0955. The molecule has 4 nitrogen and oxygen atoms in total. The molecule has 1 rings (SSSR count). The Morgan fingerprint density at radius 1 is 1.54 bits per heavy atom. The van der Waals surface area contributed by atoms with Gasteiger partial charge in [0.2, 0.25) is 0 Å². The second kappa shape index (κ2) is 4.47. The third-order valence-corrected chi connectivity index (χ3v) is 1.50. The van der Waals surface area contributed by atoms with Crippen LogP contribution in [0.1, 0.15) is 5.56 Å². The molecule has 0 saturated heterocycles. The Hall–Kier alpha value is -1.55. The third kappa shape index (κ3) is 3.13. The summed E-state index contributed by atoms with van der Waals surface area (Å²) in [7, 11) is 0. The number of carbonyl (C=O) groups is 1. The highest BCUT2D eigenvalue weighted by atomic mass is 16.5. The van der Waals surface area contributed by atoms with E-state index in [-0.39, 0.29) is 6.61 Å². The minimum atomic E-state index is -0.988. The number of aliphatic carboxylic acids is 1. The van der Waals surface area contributed by atoms with Crippen molar-refractivity contribution in [1.82, 2.24) is 0 Å². The van der Waals surface area contributed by atoms with Gasteiger partial charge in [-0.15, -0.1) is 0 Å². The van der Waals surface area contributed by atoms with Crippen molar-refractivity contribution >= 4 is 5.97 Å². The fraction of sp³-hybridized carbons (Fsp3) is 0.222. The zero-order valence-corrected chi connectivity index (χ0v) is 7.06. The summed E-state index contributed by atoms with van der Waals surface area (Å²) in [4.78, 5) is 10.2. The Morgan fingerprint density at radius 2 is 2.31 bits per heavy atom. The lowest BCUT2D eigenvalue weighted by Gasteiger charge is -2.03. The van der Waals surface area contributed by atoms with Crippen LogP contribution in [0.25, 0.3) is 0 Å². The maximum absolute atomic E-state index is 10.2. The molecule has 0 saturated carbocycles. The van der Waals surface area contributed by atoms with E-state index in [4.69, 9.17) is 15.6 Å². The molecular weight excluding hydrogens is 170 g/mol. The molecule has 0 amide bonds. The number of benzene rings is 1. The van der Waals surface area contributed by atoms with Gasteiger partial charge in [-0.25, -0.2) is 4.79 Å². The Bertz CT molecular complexity index is 299. The molecule has 1 aromatic carbocycles. The quantitative estimate of drug-likeness (QED) is 0.713. The van der Waals surface area contributed by atoms with Gasteiger partial charge in [0.1, 0.15) is 5.75 Å². The SMILES string of the molecule is NCc1cccc(OCC(=O)O)c1. The number of hydrogen-bond donors (Lipinski definition) is 2. The Balaban J connectivity index is 2.61. The van der Waals surface area contributed by atoms with Crippen molar-refractivity contribution in [3.8, 4) is 5.75 Å². The minimum absolute atomic E-state index is 0.325. The molecule has 4 heteroatoms. The van der Waals surface area contributed by atoms with Crippen molar-refractivity contribution in [3.05, 3.63) is 29.8 Å². The molecule has 0 spiro atoms. The van der Waals surface area contributed by atoms with Crippen LogP contribution < -0.4 is 10.5 Å². The van der Waals surface area contributed by atoms with Crippen LogP contribution in [-0.2, 0) is 11.3 Å². The first-order chi connectivity index (χ1) is 6.22. The molecule has 13 heavy (non-hydrogen) atoms. The van der Waals surface area contributed by atoms with Gasteiger partial charge in [-0.05, 0) is 17.7 Å². The number of carboxylic acids is 1. The molecule has 0 aromatic heterocycles. The largest absolute Gasteiger partial charge is 0.482 e. The zero-order chi connectivity index (χ0) is 9.68. The summed E-state index contributed by atoms with van der Waals surface area (Å²) in [5, 5.41) is 8.35. The van der Waals surface area contributed by atoms with Crippen molar-refractivity contribution in [2.75, 3.05) is 6.61 Å². The molecule has 0 aliphatic heterocycles. The Labute approximate surface area is 75.9 Å². The topological polar surface area (TPSA) is 72.5 Å². The highest BCUT2D eigenvalue weighted by molar-refractivity contribution is 5.68. The van der Waals surface area contributed by atoms with Gasteiger partial charge in [0.05, 0.1) is 0 Å². The van der Waals surface area contributed by atoms with Gasteiger partial charge in [-0.2, -0.15) is 0 Å². The van der Waals surface area contributed by atoms with Gasteiger partial charge in [0.25, 0.3) is 0 Å². The first-order valence-electron chi connectivity index (χ1n) is 3.86. The standard InChI is InChI=1S/C9H11NO3/c10-5-7-2-1-3-8(4-7)13-6-9(11)12/h1-4H,5-6,10H2,(H,11,12). The van der Waals surface area contributed by atoms with Gasteiger partial charge in [0.15, 0.2) is 6.61 Å². The highest BCUT2D eigenvalue weighted by Crippen LogP contribution is 2.12. The van der Waals surface area contributed by atoms with E-state index in [1.807, 2.05) is 6.07 Å². The molecule has 0 bridgehead atoms. The summed E-state index contributed by atoms with van der Waals surface area (Å²) in [5.41, 5.74) is 6.32. The lowest BCUT2D eigenvalue weighted by molar-refractivity contribution is -0.139. The van der Waals surface area contributed by atoms with Gasteiger partial charge in [0, 0.05) is 6.54 Å². The Kier molecular flexibility index (Phi) is 3.28. The van der Waals surface area contributed by atoms with E-state index < -0.39 is 5.97 Å². The fourth-order valence-electron chi connectivity index (χ4n) is 0.907. The van der Waals surface area contributed by atoms with Crippen LogP contribution in [0.15, 0.2) is 24.3 Å². The molecule has 0 fully saturated rings. The van der Waals surface area contributed by atoms with Gasteiger partial charge in [-0.1, -0.05) is 12.1 Å². The number of hydrogen-bond acceptors (Lipinski definition) is 3. The summed E-state index contributed by atoms with van der Waals surface area (Å²) < 4.78 is 4.95. The number of carboxylic acid groups (broad SMARTS) is 1. The maximum Gasteiger partial charge on any atom is 0.341 e. The predicted molar refractivity (Wildman–Crippen MR) is 47.5 cm³/mol. The molecule has 0 aliphatic rings. The second-order valence-electron chi connectivity index (χ2n) is 2.53. The molecule has 70 valence electrons. The molecule has 0 heterocycles. The first-order valence-corrected chi connectivity index (χ1v) is 3.86. The monoisotopic (exact) mass is 181 g/mol. The van der Waals surface area contributed by atoms with Crippen molar-refractivity contribution in [1.29, 1.82) is 0 Å². The van der Waals surface area contributed by atoms with Crippen molar-refractivity contribution in [3.63, 3.8) is 0 Å². The van der Waals surface area contributed by atoms with Crippen LogP contribution in [0.4, 0.5) is 0 Å².